The van der Waals surface area contributed by atoms with Gasteiger partial charge in [0.2, 0.25) is 5.96 Å². The monoisotopic (exact) mass is 511 g/mol. The third-order valence-corrected chi connectivity index (χ3v) is 9.08. The highest BCUT2D eigenvalue weighted by molar-refractivity contribution is 7.99. The summed E-state index contributed by atoms with van der Waals surface area (Å²) in [7, 11) is -4.59. The Morgan fingerprint density at radius 1 is 1.06 bits per heavy atom. The van der Waals surface area contributed by atoms with E-state index in [-0.39, 0.29) is 18.2 Å². The van der Waals surface area contributed by atoms with Crippen molar-refractivity contribution in [1.29, 1.82) is 0 Å². The lowest BCUT2D eigenvalue weighted by Crippen LogP contribution is -2.37. The van der Waals surface area contributed by atoms with Crippen molar-refractivity contribution in [3.05, 3.63) is 88.5 Å². The lowest BCUT2D eigenvalue weighted by atomic mass is 9.86. The Labute approximate surface area is 210 Å². The number of rotatable bonds is 5. The molecule has 1 N–H and O–H groups in total. The smallest absolute Gasteiger partial charge is 0.287 e. The first kappa shape index (κ1) is 25.0. The molecule has 0 saturated carbocycles. The molecule has 3 aromatic rings. The molecule has 4 rings (SSSR count). The largest absolute Gasteiger partial charge is 0.340 e. The summed E-state index contributed by atoms with van der Waals surface area (Å²) in [6.45, 7) is 6.47. The number of sulfonamides is 1. The summed E-state index contributed by atoms with van der Waals surface area (Å²) in [5, 5.41) is 3.32. The molecule has 1 aliphatic heterocycles. The fourth-order valence-electron chi connectivity index (χ4n) is 4.68. The fraction of sp³-hybridized carbons (Fsp3) is 0.259. The van der Waals surface area contributed by atoms with Crippen LogP contribution in [0.5, 0.6) is 0 Å². The van der Waals surface area contributed by atoms with Gasteiger partial charge in [0.1, 0.15) is 4.90 Å². The molecule has 35 heavy (non-hydrogen) atoms. The van der Waals surface area contributed by atoms with Crippen LogP contribution in [0.1, 0.15) is 42.1 Å². The third-order valence-electron chi connectivity index (χ3n) is 6.44. The van der Waals surface area contributed by atoms with Gasteiger partial charge in [0.25, 0.3) is 10.0 Å². The number of anilines is 1. The van der Waals surface area contributed by atoms with Crippen LogP contribution >= 0.6 is 0 Å². The number of benzene rings is 3. The van der Waals surface area contributed by atoms with E-state index in [9.17, 15) is 12.6 Å². The molecule has 8 heteroatoms. The van der Waals surface area contributed by atoms with Crippen molar-refractivity contribution >= 4 is 37.1 Å². The van der Waals surface area contributed by atoms with Crippen molar-refractivity contribution in [2.75, 3.05) is 18.6 Å². The Kier molecular flexibility index (Phi) is 6.55. The highest BCUT2D eigenvalue weighted by atomic mass is 32.2. The van der Waals surface area contributed by atoms with Crippen LogP contribution in [0.4, 0.5) is 5.69 Å². The SMILES string of the molecule is C=S(C)(=O)c1ccccc1CN(C)C1=NS(=O)(=O)c2ccc(C)c(C(C)c3ccccc3C)c2N1.[HH]. The van der Waals surface area contributed by atoms with Crippen molar-refractivity contribution in [1.82, 2.24) is 4.90 Å². The maximum atomic E-state index is 13.2. The zero-order valence-corrected chi connectivity index (χ0v) is 22.3. The van der Waals surface area contributed by atoms with Crippen LogP contribution < -0.4 is 5.32 Å². The van der Waals surface area contributed by atoms with E-state index < -0.39 is 19.5 Å². The summed E-state index contributed by atoms with van der Waals surface area (Å²) in [6, 6.07) is 19.0. The van der Waals surface area contributed by atoms with Crippen LogP contribution in [0.25, 0.3) is 0 Å². The maximum Gasteiger partial charge on any atom is 0.287 e. The van der Waals surface area contributed by atoms with E-state index in [0.717, 1.165) is 27.8 Å². The number of hydrogen-bond donors (Lipinski definition) is 1. The molecule has 3 aromatic carbocycles. The second-order valence-corrected chi connectivity index (χ2v) is 13.3. The molecule has 0 spiro atoms. The van der Waals surface area contributed by atoms with Crippen molar-refractivity contribution in [3.8, 4) is 0 Å². The zero-order chi connectivity index (χ0) is 25.5. The lowest BCUT2D eigenvalue weighted by Gasteiger charge is -2.30. The summed E-state index contributed by atoms with van der Waals surface area (Å²) in [5.74, 6) is 4.01. The lowest BCUT2D eigenvalue weighted by molar-refractivity contribution is 0.493. The van der Waals surface area contributed by atoms with Gasteiger partial charge in [-0.15, -0.1) is 4.40 Å². The highest BCUT2D eigenvalue weighted by Gasteiger charge is 2.31. The van der Waals surface area contributed by atoms with Crippen LogP contribution in [0.2, 0.25) is 0 Å². The number of fused-ring (bicyclic) bond motifs is 1. The van der Waals surface area contributed by atoms with E-state index in [1.54, 1.807) is 30.3 Å². The maximum absolute atomic E-state index is 13.2. The normalized spacial score (nSPS) is 16.9. The quantitative estimate of drug-likeness (QED) is 0.487. The Morgan fingerprint density at radius 3 is 2.40 bits per heavy atom. The van der Waals surface area contributed by atoms with Crippen molar-refractivity contribution in [3.63, 3.8) is 0 Å². The van der Waals surface area contributed by atoms with E-state index in [4.69, 9.17) is 0 Å². The zero-order valence-electron chi connectivity index (χ0n) is 20.7. The van der Waals surface area contributed by atoms with Crippen molar-refractivity contribution in [2.45, 2.75) is 43.0 Å². The van der Waals surface area contributed by atoms with Crippen LogP contribution in [0.15, 0.2) is 74.9 Å². The van der Waals surface area contributed by atoms with Gasteiger partial charge >= 0.3 is 0 Å². The average Bonchev–Trinajstić information content (AvgIpc) is 2.78. The van der Waals surface area contributed by atoms with Gasteiger partial charge in [-0.1, -0.05) is 55.5 Å². The minimum Gasteiger partial charge on any atom is -0.340 e. The van der Waals surface area contributed by atoms with Crippen LogP contribution in [-0.2, 0) is 26.1 Å². The van der Waals surface area contributed by atoms with E-state index in [1.807, 2.05) is 43.3 Å². The molecule has 0 amide bonds. The van der Waals surface area contributed by atoms with Gasteiger partial charge < -0.3 is 10.2 Å². The summed E-state index contributed by atoms with van der Waals surface area (Å²) in [5.41, 5.74) is 5.58. The van der Waals surface area contributed by atoms with Gasteiger partial charge in [-0.05, 0) is 69.2 Å². The minimum atomic E-state index is -3.92. The molecule has 2 atom stereocenters. The summed E-state index contributed by atoms with van der Waals surface area (Å²) in [4.78, 5) is 2.55. The molecular weight excluding hydrogens is 478 g/mol. The topological polar surface area (TPSA) is 78.8 Å². The molecule has 0 radical (unpaired) electrons. The Hall–Kier alpha value is -3.10. The Balaban J connectivity index is 0.00000361. The number of hydrogen-bond acceptors (Lipinski definition) is 5. The van der Waals surface area contributed by atoms with Gasteiger partial charge in [0, 0.05) is 32.1 Å². The Morgan fingerprint density at radius 2 is 1.71 bits per heavy atom. The average molecular weight is 512 g/mol. The fourth-order valence-corrected chi connectivity index (χ4v) is 6.91. The summed E-state index contributed by atoms with van der Waals surface area (Å²) < 4.78 is 43.3. The van der Waals surface area contributed by atoms with Crippen LogP contribution in [0, 0.1) is 13.8 Å². The number of nitrogens with one attached hydrogen (secondary N) is 1. The molecule has 0 fully saturated rings. The second-order valence-electron chi connectivity index (χ2n) is 9.23. The molecule has 1 heterocycles. The first-order valence-electron chi connectivity index (χ1n) is 11.3. The molecular formula is C27H33N3O3S2. The van der Waals surface area contributed by atoms with E-state index >= 15 is 0 Å². The van der Waals surface area contributed by atoms with Crippen LogP contribution in [0.3, 0.4) is 0 Å². The van der Waals surface area contributed by atoms with E-state index in [0.29, 0.717) is 17.1 Å². The predicted octanol–water partition coefficient (Wildman–Crippen LogP) is 5.01. The molecule has 186 valence electrons. The highest BCUT2D eigenvalue weighted by Crippen LogP contribution is 2.40. The Bertz CT molecular complexity index is 1550. The van der Waals surface area contributed by atoms with Gasteiger partial charge in [-0.3, -0.25) is 4.21 Å². The molecule has 2 unspecified atom stereocenters. The molecule has 0 saturated heterocycles. The minimum absolute atomic E-state index is 0. The summed E-state index contributed by atoms with van der Waals surface area (Å²) >= 11 is 0. The summed E-state index contributed by atoms with van der Waals surface area (Å²) in [6.07, 6.45) is 1.60. The van der Waals surface area contributed by atoms with Gasteiger partial charge in [0.15, 0.2) is 0 Å². The van der Waals surface area contributed by atoms with E-state index in [2.05, 4.69) is 41.6 Å². The van der Waals surface area contributed by atoms with Gasteiger partial charge in [0.05, 0.1) is 5.69 Å². The number of nitrogens with zero attached hydrogens (tertiary/aromatic N) is 2. The first-order valence-corrected chi connectivity index (χ1v) is 14.9. The third kappa shape index (κ3) is 4.86. The molecule has 1 aliphatic rings. The molecule has 0 aliphatic carbocycles. The first-order chi connectivity index (χ1) is 16.4. The molecule has 6 nitrogen and oxygen atoms in total. The molecule has 0 aromatic heterocycles. The van der Waals surface area contributed by atoms with Crippen LogP contribution in [-0.4, -0.2) is 42.7 Å². The number of guanidine groups is 1. The van der Waals surface area contributed by atoms with Gasteiger partial charge in [-0.2, -0.15) is 8.42 Å². The standard InChI is InChI=1S/C27H31N3O3S2.H2/c1-18-11-7-9-13-22(18)20(3)25-19(2)15-16-24-26(25)28-27(29-35(24,32)33)30(4)17-21-12-8-10-14-23(21)34(5,6)31;/h7-16,20H,5,17H2,1-4,6H3,(H,28,29);1H. The molecule has 0 bridgehead atoms. The van der Waals surface area contributed by atoms with E-state index in [1.165, 1.54) is 0 Å². The van der Waals surface area contributed by atoms with Crippen molar-refractivity contribution in [2.24, 2.45) is 4.40 Å². The van der Waals surface area contributed by atoms with Crippen molar-refractivity contribution < 1.29 is 14.1 Å². The second kappa shape index (κ2) is 9.17. The van der Waals surface area contributed by atoms with Gasteiger partial charge in [-0.25, -0.2) is 0 Å². The predicted molar refractivity (Wildman–Crippen MR) is 148 cm³/mol. The number of aryl methyl sites for hydroxylation is 2.